The highest BCUT2D eigenvalue weighted by atomic mass is 16.5. The molecule has 2 bridgehead atoms. The minimum atomic E-state index is -0.0847. The van der Waals surface area contributed by atoms with E-state index in [0.717, 1.165) is 25.1 Å². The van der Waals surface area contributed by atoms with E-state index in [4.69, 9.17) is 15.1 Å². The number of anilines is 3. The topological polar surface area (TPSA) is 135 Å². The summed E-state index contributed by atoms with van der Waals surface area (Å²) in [7, 11) is 0. The van der Waals surface area contributed by atoms with Crippen LogP contribution < -0.4 is 15.4 Å². The van der Waals surface area contributed by atoms with Crippen molar-refractivity contribution >= 4 is 17.6 Å². The number of aromatic nitrogens is 4. The molecule has 2 aromatic rings. The van der Waals surface area contributed by atoms with Crippen molar-refractivity contribution in [3.8, 4) is 11.9 Å². The van der Waals surface area contributed by atoms with Gasteiger partial charge in [0.1, 0.15) is 12.4 Å². The van der Waals surface area contributed by atoms with Crippen LogP contribution in [0.3, 0.4) is 0 Å². The number of aryl methyl sites for hydroxylation is 1. The molecule has 4 N–H and O–H groups in total. The molecule has 2 aliphatic rings. The molecular weight excluding hydrogens is 384 g/mol. The van der Waals surface area contributed by atoms with Crippen molar-refractivity contribution in [1.29, 1.82) is 5.26 Å². The van der Waals surface area contributed by atoms with Gasteiger partial charge in [-0.15, -0.1) is 0 Å². The molecular formula is C20H28N8O2. The van der Waals surface area contributed by atoms with E-state index in [1.54, 1.807) is 6.07 Å². The molecule has 10 heteroatoms. The van der Waals surface area contributed by atoms with Gasteiger partial charge < -0.3 is 20.5 Å². The van der Waals surface area contributed by atoms with Crippen LogP contribution >= 0.6 is 0 Å². The summed E-state index contributed by atoms with van der Waals surface area (Å²) in [4.78, 5) is 11.6. The maximum Gasteiger partial charge on any atom is 0.228 e. The largest absolute Gasteiger partial charge is 0.475 e. The third kappa shape index (κ3) is 4.80. The number of aromatic amines is 1. The van der Waals surface area contributed by atoms with Crippen LogP contribution in [0.25, 0.3) is 0 Å². The van der Waals surface area contributed by atoms with Crippen molar-refractivity contribution in [3.63, 3.8) is 0 Å². The Hall–Kier alpha value is -2.90. The van der Waals surface area contributed by atoms with Gasteiger partial charge >= 0.3 is 0 Å². The zero-order chi connectivity index (χ0) is 20.9. The highest BCUT2D eigenvalue weighted by Gasteiger charge is 2.40. The maximum absolute atomic E-state index is 9.08. The fourth-order valence-corrected chi connectivity index (χ4v) is 4.51. The lowest BCUT2D eigenvalue weighted by molar-refractivity contribution is 0.135. The molecule has 0 unspecified atom stereocenters. The average Bonchev–Trinajstić information content (AvgIpc) is 3.23. The van der Waals surface area contributed by atoms with Gasteiger partial charge in [0.2, 0.25) is 11.8 Å². The van der Waals surface area contributed by atoms with E-state index in [9.17, 15) is 0 Å². The summed E-state index contributed by atoms with van der Waals surface area (Å²) in [6.07, 6.45) is 4.96. The van der Waals surface area contributed by atoms with Crippen molar-refractivity contribution in [3.05, 3.63) is 17.8 Å². The van der Waals surface area contributed by atoms with E-state index in [1.807, 2.05) is 13.0 Å². The molecule has 2 saturated heterocycles. The molecule has 0 radical (unpaired) electrons. The Labute approximate surface area is 175 Å². The van der Waals surface area contributed by atoms with E-state index in [-0.39, 0.29) is 19.3 Å². The lowest BCUT2D eigenvalue weighted by Crippen LogP contribution is -2.47. The monoisotopic (exact) mass is 412 g/mol. The summed E-state index contributed by atoms with van der Waals surface area (Å²) in [5, 5.41) is 31.7. The molecule has 10 nitrogen and oxygen atoms in total. The molecule has 0 aliphatic carbocycles. The van der Waals surface area contributed by atoms with Crippen molar-refractivity contribution in [2.24, 2.45) is 0 Å². The van der Waals surface area contributed by atoms with Crippen molar-refractivity contribution in [1.82, 2.24) is 25.1 Å². The fraction of sp³-hybridized carbons (Fsp3) is 0.600. The third-order valence-electron chi connectivity index (χ3n) is 5.71. The number of piperidine rings is 1. The van der Waals surface area contributed by atoms with Gasteiger partial charge in [-0.3, -0.25) is 10.00 Å². The number of aliphatic hydroxyl groups is 1. The van der Waals surface area contributed by atoms with E-state index >= 15 is 0 Å². The summed E-state index contributed by atoms with van der Waals surface area (Å²) < 4.78 is 5.54. The second-order valence-electron chi connectivity index (χ2n) is 7.89. The van der Waals surface area contributed by atoms with Crippen molar-refractivity contribution in [2.75, 3.05) is 30.4 Å². The molecule has 160 valence electrons. The number of nitrogens with one attached hydrogen (secondary N) is 3. The number of nitriles is 1. The Morgan fingerprint density at radius 3 is 2.73 bits per heavy atom. The van der Waals surface area contributed by atoms with E-state index in [1.165, 1.54) is 12.8 Å². The number of rotatable bonds is 9. The summed E-state index contributed by atoms with van der Waals surface area (Å²) in [6.45, 7) is 2.87. The number of hydrogen-bond donors (Lipinski definition) is 4. The first-order chi connectivity index (χ1) is 14.6. The highest BCUT2D eigenvalue weighted by Crippen LogP contribution is 2.36. The quantitative estimate of drug-likeness (QED) is 0.487. The Morgan fingerprint density at radius 1 is 1.27 bits per heavy atom. The molecule has 4 rings (SSSR count). The van der Waals surface area contributed by atoms with Crippen LogP contribution in [-0.4, -0.2) is 68.1 Å². The molecule has 4 heterocycles. The number of nitrogens with zero attached hydrogens (tertiary/aromatic N) is 5. The number of ether oxygens (including phenoxy) is 1. The number of H-pyrrole nitrogens is 1. The van der Waals surface area contributed by atoms with Crippen LogP contribution in [0.2, 0.25) is 0 Å². The third-order valence-corrected chi connectivity index (χ3v) is 5.71. The van der Waals surface area contributed by atoms with Crippen LogP contribution in [0, 0.1) is 18.3 Å². The Bertz CT molecular complexity index is 881. The number of hydrogen-bond acceptors (Lipinski definition) is 9. The zero-order valence-corrected chi connectivity index (χ0v) is 17.1. The smallest absolute Gasteiger partial charge is 0.228 e. The van der Waals surface area contributed by atoms with Gasteiger partial charge in [-0.05, 0) is 32.6 Å². The predicted molar refractivity (Wildman–Crippen MR) is 112 cm³/mol. The Balaban J connectivity index is 1.46. The molecule has 2 aliphatic heterocycles. The normalized spacial score (nSPS) is 23.2. The minimum Gasteiger partial charge on any atom is -0.475 e. The van der Waals surface area contributed by atoms with Crippen LogP contribution in [-0.2, 0) is 0 Å². The lowest BCUT2D eigenvalue weighted by atomic mass is 9.97. The molecule has 0 amide bonds. The van der Waals surface area contributed by atoms with Crippen LogP contribution in [0.15, 0.2) is 12.1 Å². The van der Waals surface area contributed by atoms with E-state index in [2.05, 4.69) is 41.8 Å². The van der Waals surface area contributed by atoms with Gasteiger partial charge in [0.15, 0.2) is 5.82 Å². The SMILES string of the molecule is Cc1cc(Nc2cc(OCCO)nc(N[C@@H]3C[C@H]4CC[C@@H](C3)N4CCC#N)n2)n[nH]1. The van der Waals surface area contributed by atoms with E-state index in [0.29, 0.717) is 42.0 Å². The zero-order valence-electron chi connectivity index (χ0n) is 17.1. The van der Waals surface area contributed by atoms with Gasteiger partial charge in [0, 0.05) is 48.9 Å². The number of aliphatic hydroxyl groups excluding tert-OH is 1. The summed E-state index contributed by atoms with van der Waals surface area (Å²) in [5.41, 5.74) is 0.945. The Kier molecular flexibility index (Phi) is 6.30. The minimum absolute atomic E-state index is 0.0847. The first-order valence-corrected chi connectivity index (χ1v) is 10.5. The van der Waals surface area contributed by atoms with Crippen molar-refractivity contribution < 1.29 is 9.84 Å². The maximum atomic E-state index is 9.08. The molecule has 0 spiro atoms. The predicted octanol–water partition coefficient (Wildman–Crippen LogP) is 1.94. The second kappa shape index (κ2) is 9.28. The summed E-state index contributed by atoms with van der Waals surface area (Å²) in [5.74, 6) is 2.12. The molecule has 2 fully saturated rings. The molecule has 3 atom stereocenters. The van der Waals surface area contributed by atoms with Gasteiger partial charge in [0.05, 0.1) is 12.7 Å². The summed E-state index contributed by atoms with van der Waals surface area (Å²) >= 11 is 0. The van der Waals surface area contributed by atoms with Crippen molar-refractivity contribution in [2.45, 2.75) is 57.2 Å². The van der Waals surface area contributed by atoms with Gasteiger partial charge in [0.25, 0.3) is 0 Å². The summed E-state index contributed by atoms with van der Waals surface area (Å²) in [6, 6.07) is 7.13. The molecule has 0 saturated carbocycles. The standard InChI is InChI=1S/C20H28N8O2/c1-13-9-18(27-26-13)23-17-12-19(30-8-7-29)25-20(24-17)22-14-10-15-3-4-16(11-14)28(15)6-2-5-21/h9,12,14-16,29H,2-4,6-8,10-11H2,1H3,(H3,22,23,24,25,26,27)/t14-,15-,16+. The van der Waals surface area contributed by atoms with Crippen LogP contribution in [0.5, 0.6) is 5.88 Å². The second-order valence-corrected chi connectivity index (χ2v) is 7.89. The van der Waals surface area contributed by atoms with E-state index < -0.39 is 0 Å². The van der Waals surface area contributed by atoms with Gasteiger partial charge in [-0.1, -0.05) is 0 Å². The lowest BCUT2D eigenvalue weighted by Gasteiger charge is -2.38. The first kappa shape index (κ1) is 20.4. The van der Waals surface area contributed by atoms with Crippen LogP contribution in [0.4, 0.5) is 17.6 Å². The first-order valence-electron chi connectivity index (χ1n) is 10.5. The Morgan fingerprint density at radius 2 is 2.07 bits per heavy atom. The molecule has 30 heavy (non-hydrogen) atoms. The average molecular weight is 412 g/mol. The van der Waals surface area contributed by atoms with Gasteiger partial charge in [-0.25, -0.2) is 0 Å². The fourth-order valence-electron chi connectivity index (χ4n) is 4.51. The molecule has 0 aromatic carbocycles. The van der Waals surface area contributed by atoms with Gasteiger partial charge in [-0.2, -0.15) is 20.3 Å². The molecule has 2 aromatic heterocycles. The number of fused-ring (bicyclic) bond motifs is 2. The highest BCUT2D eigenvalue weighted by molar-refractivity contribution is 5.55. The van der Waals surface area contributed by atoms with Crippen LogP contribution in [0.1, 0.15) is 37.8 Å².